The van der Waals surface area contributed by atoms with Crippen molar-refractivity contribution in [1.29, 1.82) is 0 Å². The first-order valence-electron chi connectivity index (χ1n) is 11.8. The third kappa shape index (κ3) is 5.09. The molecule has 2 heterocycles. The molecule has 5 rings (SSSR count). The number of halogens is 5. The third-order valence-electron chi connectivity index (χ3n) is 6.64. The Labute approximate surface area is 209 Å². The first-order valence-corrected chi connectivity index (χ1v) is 11.8. The van der Waals surface area contributed by atoms with Crippen LogP contribution in [-0.2, 0) is 12.7 Å². The van der Waals surface area contributed by atoms with Gasteiger partial charge in [0, 0.05) is 42.4 Å². The number of piperidine rings is 1. The minimum Gasteiger partial charge on any atom is -0.459 e. The number of benzene rings is 3. The average Bonchev–Trinajstić information content (AvgIpc) is 3.31. The van der Waals surface area contributed by atoms with Crippen molar-refractivity contribution < 1.29 is 31.2 Å². The Bertz CT molecular complexity index is 1430. The Morgan fingerprint density at radius 2 is 1.51 bits per heavy atom. The van der Waals surface area contributed by atoms with Gasteiger partial charge in [-0.2, -0.15) is 13.2 Å². The van der Waals surface area contributed by atoms with Crippen LogP contribution in [0.3, 0.4) is 0 Å². The number of carbonyl (C=O) groups is 1. The lowest BCUT2D eigenvalue weighted by molar-refractivity contribution is -0.137. The smallest absolute Gasteiger partial charge is 0.416 e. The van der Waals surface area contributed by atoms with Gasteiger partial charge in [0.2, 0.25) is 0 Å². The predicted octanol–water partition coefficient (Wildman–Crippen LogP) is 7.12. The molecule has 0 aliphatic carbocycles. The number of hydrogen-bond donors (Lipinski definition) is 1. The van der Waals surface area contributed by atoms with E-state index in [0.29, 0.717) is 28.0 Å². The Kier molecular flexibility index (Phi) is 6.27. The second kappa shape index (κ2) is 9.30. The van der Waals surface area contributed by atoms with Crippen molar-refractivity contribution in [2.75, 3.05) is 13.1 Å². The molecule has 0 bridgehead atoms. The van der Waals surface area contributed by atoms with Crippen molar-refractivity contribution in [2.45, 2.75) is 31.5 Å². The van der Waals surface area contributed by atoms with Crippen LogP contribution in [-0.4, -0.2) is 29.8 Å². The minimum absolute atomic E-state index is 0.00467. The highest BCUT2D eigenvalue weighted by Gasteiger charge is 2.35. The van der Waals surface area contributed by atoms with E-state index < -0.39 is 17.7 Å². The van der Waals surface area contributed by atoms with E-state index in [1.165, 1.54) is 17.0 Å². The summed E-state index contributed by atoms with van der Waals surface area (Å²) in [4.78, 5) is 14.2. The first kappa shape index (κ1) is 25.0. The Hall–Kier alpha value is -3.72. The maximum atomic E-state index is 13.4. The zero-order valence-corrected chi connectivity index (χ0v) is 19.6. The standard InChI is InChI=1S/C28H23F5N2O2/c29-27(30)9-11-35(12-10-27)26(36)19-3-1-17(2-4-19)20-13-21-14-23(16-34)37-25(21)24(15-20)18-5-7-22(8-6-18)28(31,32)33/h1-8,13-15H,9-12,16,34H2. The molecule has 4 aromatic rings. The number of carbonyl (C=O) groups excluding carboxylic acids is 1. The first-order chi connectivity index (χ1) is 17.5. The summed E-state index contributed by atoms with van der Waals surface area (Å²) in [6.45, 7) is 0.172. The maximum Gasteiger partial charge on any atom is 0.416 e. The minimum atomic E-state index is -4.44. The molecule has 1 saturated heterocycles. The van der Waals surface area contributed by atoms with Crippen molar-refractivity contribution in [1.82, 2.24) is 4.90 Å². The summed E-state index contributed by atoms with van der Waals surface area (Å²) in [6.07, 6.45) is -5.14. The van der Waals surface area contributed by atoms with E-state index in [2.05, 4.69) is 0 Å². The third-order valence-corrected chi connectivity index (χ3v) is 6.64. The molecule has 192 valence electrons. The van der Waals surface area contributed by atoms with Gasteiger partial charge in [0.1, 0.15) is 11.3 Å². The van der Waals surface area contributed by atoms with E-state index in [4.69, 9.17) is 10.2 Å². The lowest BCUT2D eigenvalue weighted by Gasteiger charge is -2.31. The second-order valence-electron chi connectivity index (χ2n) is 9.16. The Morgan fingerprint density at radius 1 is 0.892 bits per heavy atom. The van der Waals surface area contributed by atoms with Crippen LogP contribution < -0.4 is 5.73 Å². The number of furan rings is 1. The molecular weight excluding hydrogens is 491 g/mol. The summed E-state index contributed by atoms with van der Waals surface area (Å²) in [5.74, 6) is -2.50. The highest BCUT2D eigenvalue weighted by Crippen LogP contribution is 2.38. The molecule has 1 fully saturated rings. The van der Waals surface area contributed by atoms with Crippen LogP contribution in [0, 0.1) is 0 Å². The van der Waals surface area contributed by atoms with Gasteiger partial charge in [0.15, 0.2) is 0 Å². The lowest BCUT2D eigenvalue weighted by atomic mass is 9.95. The topological polar surface area (TPSA) is 59.5 Å². The number of alkyl halides is 5. The molecule has 1 aliphatic heterocycles. The molecule has 0 spiro atoms. The monoisotopic (exact) mass is 514 g/mol. The van der Waals surface area contributed by atoms with Gasteiger partial charge in [-0.3, -0.25) is 4.79 Å². The van der Waals surface area contributed by atoms with Gasteiger partial charge < -0.3 is 15.1 Å². The number of fused-ring (bicyclic) bond motifs is 1. The molecular formula is C28H23F5N2O2. The second-order valence-corrected chi connectivity index (χ2v) is 9.16. The van der Waals surface area contributed by atoms with Crippen molar-refractivity contribution in [2.24, 2.45) is 5.73 Å². The van der Waals surface area contributed by atoms with Crippen LogP contribution in [0.5, 0.6) is 0 Å². The highest BCUT2D eigenvalue weighted by molar-refractivity contribution is 5.98. The van der Waals surface area contributed by atoms with E-state index in [-0.39, 0.29) is 38.4 Å². The van der Waals surface area contributed by atoms with E-state index in [1.807, 2.05) is 12.1 Å². The SMILES string of the molecule is NCc1cc2cc(-c3ccc(C(=O)N4CCC(F)(F)CC4)cc3)cc(-c3ccc(C(F)(F)F)cc3)c2o1. The number of likely N-dealkylation sites (tertiary alicyclic amines) is 1. The number of hydrogen-bond acceptors (Lipinski definition) is 3. The molecule has 1 aromatic heterocycles. The molecule has 37 heavy (non-hydrogen) atoms. The van der Waals surface area contributed by atoms with Gasteiger partial charge in [0.05, 0.1) is 12.1 Å². The average molecular weight is 514 g/mol. The Balaban J connectivity index is 1.48. The van der Waals surface area contributed by atoms with Gasteiger partial charge in [0.25, 0.3) is 11.8 Å². The zero-order valence-electron chi connectivity index (χ0n) is 19.6. The van der Waals surface area contributed by atoms with Gasteiger partial charge in [-0.25, -0.2) is 8.78 Å². The number of rotatable bonds is 4. The van der Waals surface area contributed by atoms with E-state index in [0.717, 1.165) is 28.6 Å². The number of amides is 1. The molecule has 0 unspecified atom stereocenters. The van der Waals surface area contributed by atoms with Crippen LogP contribution in [0.4, 0.5) is 22.0 Å². The van der Waals surface area contributed by atoms with Crippen LogP contribution in [0.25, 0.3) is 33.2 Å². The molecule has 4 nitrogen and oxygen atoms in total. The molecule has 0 saturated carbocycles. The van der Waals surface area contributed by atoms with Gasteiger partial charge >= 0.3 is 6.18 Å². The zero-order chi connectivity index (χ0) is 26.4. The van der Waals surface area contributed by atoms with E-state index in [9.17, 15) is 26.7 Å². The van der Waals surface area contributed by atoms with E-state index in [1.54, 1.807) is 30.3 Å². The van der Waals surface area contributed by atoms with E-state index >= 15 is 0 Å². The summed E-state index contributed by atoms with van der Waals surface area (Å²) in [5, 5.41) is 0.738. The summed E-state index contributed by atoms with van der Waals surface area (Å²) < 4.78 is 71.9. The molecule has 9 heteroatoms. The van der Waals surface area contributed by atoms with Crippen molar-refractivity contribution in [3.05, 3.63) is 83.6 Å². The molecule has 1 aliphatic rings. The molecule has 0 atom stereocenters. The largest absolute Gasteiger partial charge is 0.459 e. The van der Waals surface area contributed by atoms with Crippen molar-refractivity contribution in [3.8, 4) is 22.3 Å². The van der Waals surface area contributed by atoms with Gasteiger partial charge in [-0.1, -0.05) is 24.3 Å². The Morgan fingerprint density at radius 3 is 2.11 bits per heavy atom. The summed E-state index contributed by atoms with van der Waals surface area (Å²) in [6, 6.07) is 17.1. The number of nitrogens with zero attached hydrogens (tertiary/aromatic N) is 1. The maximum absolute atomic E-state index is 13.4. The van der Waals surface area contributed by atoms with Crippen LogP contribution in [0.2, 0.25) is 0 Å². The summed E-state index contributed by atoms with van der Waals surface area (Å²) in [7, 11) is 0. The lowest BCUT2D eigenvalue weighted by Crippen LogP contribution is -2.42. The summed E-state index contributed by atoms with van der Waals surface area (Å²) in [5.41, 5.74) is 8.60. The molecule has 1 amide bonds. The fourth-order valence-corrected chi connectivity index (χ4v) is 4.55. The van der Waals surface area contributed by atoms with Crippen molar-refractivity contribution >= 4 is 16.9 Å². The quantitative estimate of drug-likeness (QED) is 0.295. The fourth-order valence-electron chi connectivity index (χ4n) is 4.55. The van der Waals surface area contributed by atoms with Gasteiger partial charge in [-0.15, -0.1) is 0 Å². The van der Waals surface area contributed by atoms with Gasteiger partial charge in [-0.05, 0) is 59.2 Å². The fraction of sp³-hybridized carbons (Fsp3) is 0.250. The normalized spacial score (nSPS) is 15.8. The van der Waals surface area contributed by atoms with Crippen LogP contribution in [0.15, 0.2) is 71.1 Å². The predicted molar refractivity (Wildman–Crippen MR) is 130 cm³/mol. The molecule has 0 radical (unpaired) electrons. The van der Waals surface area contributed by atoms with Crippen LogP contribution >= 0.6 is 0 Å². The van der Waals surface area contributed by atoms with Crippen LogP contribution in [0.1, 0.15) is 34.5 Å². The van der Waals surface area contributed by atoms with Crippen molar-refractivity contribution in [3.63, 3.8) is 0 Å². The number of nitrogens with two attached hydrogens (primary N) is 1. The summed E-state index contributed by atoms with van der Waals surface area (Å²) >= 11 is 0. The molecule has 2 N–H and O–H groups in total. The molecule has 3 aromatic carbocycles. The highest BCUT2D eigenvalue weighted by atomic mass is 19.4.